The van der Waals surface area contributed by atoms with Crippen molar-refractivity contribution in [1.82, 2.24) is 15.2 Å². The Kier molecular flexibility index (Phi) is 7.41. The van der Waals surface area contributed by atoms with Crippen LogP contribution in [-0.4, -0.2) is 41.3 Å². The van der Waals surface area contributed by atoms with E-state index in [2.05, 4.69) is 10.3 Å². The molecule has 1 saturated heterocycles. The third-order valence-electron chi connectivity index (χ3n) is 3.76. The number of hydrogen-bond acceptors (Lipinski definition) is 3. The highest BCUT2D eigenvalue weighted by Crippen LogP contribution is 2.35. The van der Waals surface area contributed by atoms with E-state index in [-0.39, 0.29) is 31.8 Å². The van der Waals surface area contributed by atoms with Gasteiger partial charge in [0.15, 0.2) is 0 Å². The van der Waals surface area contributed by atoms with E-state index >= 15 is 0 Å². The summed E-state index contributed by atoms with van der Waals surface area (Å²) in [5.74, 6) is -0.303. The van der Waals surface area contributed by atoms with Gasteiger partial charge in [0.25, 0.3) is 5.91 Å². The Balaban J connectivity index is 1.86. The topological polar surface area (TPSA) is 62.3 Å². The van der Waals surface area contributed by atoms with Crippen LogP contribution in [0.2, 0.25) is 20.2 Å². The minimum Gasteiger partial charge on any atom is -0.351 e. The minimum absolute atomic E-state index is 0.00125. The van der Waals surface area contributed by atoms with Gasteiger partial charge in [-0.05, 0) is 19.3 Å². The molecule has 0 unspecified atom stereocenters. The molecular weight excluding hydrogens is 396 g/mol. The van der Waals surface area contributed by atoms with Crippen LogP contribution in [0, 0.1) is 0 Å². The van der Waals surface area contributed by atoms with Crippen LogP contribution in [0.4, 0.5) is 0 Å². The standard InChI is InChI=1S/C15H17Cl4N3O2/c16-10-11(17)13(21-14(19)12(10)18)15(24)20-6-4-8-22-7-3-1-2-5-9(22)23/h1-8H2,(H,20,24). The van der Waals surface area contributed by atoms with Crippen LogP contribution >= 0.6 is 46.4 Å². The molecule has 1 fully saturated rings. The third-order valence-corrected chi connectivity index (χ3v) is 5.44. The van der Waals surface area contributed by atoms with Crippen LogP contribution < -0.4 is 5.32 Å². The fraction of sp³-hybridized carbons (Fsp3) is 0.533. The monoisotopic (exact) mass is 411 g/mol. The van der Waals surface area contributed by atoms with Gasteiger partial charge in [-0.2, -0.15) is 0 Å². The van der Waals surface area contributed by atoms with Gasteiger partial charge in [-0.25, -0.2) is 4.98 Å². The normalized spacial score (nSPS) is 15.3. The molecule has 1 aliphatic heterocycles. The summed E-state index contributed by atoms with van der Waals surface area (Å²) in [5.41, 5.74) is -0.0677. The summed E-state index contributed by atoms with van der Waals surface area (Å²) < 4.78 is 0. The average Bonchev–Trinajstić information content (AvgIpc) is 2.77. The first-order chi connectivity index (χ1) is 11.4. The van der Waals surface area contributed by atoms with Crippen molar-refractivity contribution in [2.45, 2.75) is 32.1 Å². The molecule has 2 heterocycles. The van der Waals surface area contributed by atoms with Gasteiger partial charge in [0, 0.05) is 26.1 Å². The summed E-state index contributed by atoms with van der Waals surface area (Å²) in [5, 5.41) is 2.60. The highest BCUT2D eigenvalue weighted by molar-refractivity contribution is 6.52. The van der Waals surface area contributed by atoms with E-state index in [1.165, 1.54) is 0 Å². The van der Waals surface area contributed by atoms with Crippen molar-refractivity contribution < 1.29 is 9.59 Å². The molecule has 0 radical (unpaired) electrons. The molecule has 1 aliphatic rings. The zero-order valence-electron chi connectivity index (χ0n) is 12.9. The Morgan fingerprint density at radius 1 is 1.08 bits per heavy atom. The number of hydrogen-bond donors (Lipinski definition) is 1. The lowest BCUT2D eigenvalue weighted by Gasteiger charge is -2.20. The molecule has 132 valence electrons. The van der Waals surface area contributed by atoms with Crippen LogP contribution in [0.5, 0.6) is 0 Å². The van der Waals surface area contributed by atoms with E-state index < -0.39 is 5.91 Å². The molecule has 1 aromatic rings. The molecule has 0 bridgehead atoms. The van der Waals surface area contributed by atoms with E-state index in [4.69, 9.17) is 46.4 Å². The molecule has 0 aliphatic carbocycles. The number of carbonyl (C=O) groups is 2. The summed E-state index contributed by atoms with van der Waals surface area (Å²) in [6.45, 7) is 1.78. The van der Waals surface area contributed by atoms with E-state index in [1.807, 2.05) is 4.90 Å². The molecule has 1 N–H and O–H groups in total. The van der Waals surface area contributed by atoms with Crippen LogP contribution in [0.3, 0.4) is 0 Å². The number of nitrogens with zero attached hydrogens (tertiary/aromatic N) is 2. The predicted molar refractivity (Wildman–Crippen MR) is 96.3 cm³/mol. The second-order valence-electron chi connectivity index (χ2n) is 5.49. The van der Waals surface area contributed by atoms with Crippen molar-refractivity contribution in [1.29, 1.82) is 0 Å². The summed E-state index contributed by atoms with van der Waals surface area (Å²) in [6.07, 6.45) is 4.31. The summed E-state index contributed by atoms with van der Waals surface area (Å²) in [7, 11) is 0. The predicted octanol–water partition coefficient (Wildman–Crippen LogP) is 4.22. The molecule has 5 nitrogen and oxygen atoms in total. The molecule has 0 saturated carbocycles. The Morgan fingerprint density at radius 2 is 1.83 bits per heavy atom. The molecular formula is C15H17Cl4N3O2. The fourth-order valence-corrected chi connectivity index (χ4v) is 3.28. The summed E-state index contributed by atoms with van der Waals surface area (Å²) in [4.78, 5) is 29.8. The maximum absolute atomic E-state index is 12.2. The zero-order chi connectivity index (χ0) is 17.7. The van der Waals surface area contributed by atoms with Crippen LogP contribution in [-0.2, 0) is 4.79 Å². The number of likely N-dealkylation sites (tertiary alicyclic amines) is 1. The molecule has 0 aromatic carbocycles. The maximum Gasteiger partial charge on any atom is 0.271 e. The SMILES string of the molecule is O=C(NCCCN1CCCCCC1=O)c1nc(Cl)c(Cl)c(Cl)c1Cl. The van der Waals surface area contributed by atoms with E-state index in [9.17, 15) is 9.59 Å². The second-order valence-corrected chi connectivity index (χ2v) is 6.99. The van der Waals surface area contributed by atoms with Gasteiger partial charge in [-0.3, -0.25) is 9.59 Å². The number of aromatic nitrogens is 1. The van der Waals surface area contributed by atoms with Crippen LogP contribution in [0.15, 0.2) is 0 Å². The second kappa shape index (κ2) is 9.09. The van der Waals surface area contributed by atoms with Gasteiger partial charge in [0.05, 0.1) is 15.1 Å². The number of halogens is 4. The number of nitrogens with one attached hydrogen (secondary N) is 1. The lowest BCUT2D eigenvalue weighted by molar-refractivity contribution is -0.130. The fourth-order valence-electron chi connectivity index (χ4n) is 2.47. The van der Waals surface area contributed by atoms with Gasteiger partial charge in [-0.1, -0.05) is 52.8 Å². The van der Waals surface area contributed by atoms with Gasteiger partial charge in [0.2, 0.25) is 5.91 Å². The number of rotatable bonds is 5. The van der Waals surface area contributed by atoms with Crippen molar-refractivity contribution in [3.8, 4) is 0 Å². The first kappa shape index (κ1) is 19.6. The molecule has 9 heteroatoms. The lowest BCUT2D eigenvalue weighted by Crippen LogP contribution is -2.34. The molecule has 2 rings (SSSR count). The van der Waals surface area contributed by atoms with Gasteiger partial charge in [0.1, 0.15) is 10.8 Å². The Labute approximate surface area is 160 Å². The Hall–Kier alpha value is -0.750. The van der Waals surface area contributed by atoms with Crippen molar-refractivity contribution in [3.05, 3.63) is 25.9 Å². The number of amides is 2. The summed E-state index contributed by atoms with van der Waals surface area (Å²) in [6, 6.07) is 0. The minimum atomic E-state index is -0.484. The van der Waals surface area contributed by atoms with Crippen molar-refractivity contribution in [3.63, 3.8) is 0 Å². The smallest absolute Gasteiger partial charge is 0.271 e. The highest BCUT2D eigenvalue weighted by atomic mass is 35.5. The van der Waals surface area contributed by atoms with Gasteiger partial charge >= 0.3 is 0 Å². The Bertz CT molecular complexity index is 640. The molecule has 1 aromatic heterocycles. The number of pyridine rings is 1. The lowest BCUT2D eigenvalue weighted by atomic mass is 10.2. The molecule has 0 spiro atoms. The van der Waals surface area contributed by atoms with Gasteiger partial charge in [-0.15, -0.1) is 0 Å². The Morgan fingerprint density at radius 3 is 2.58 bits per heavy atom. The largest absolute Gasteiger partial charge is 0.351 e. The first-order valence-corrected chi connectivity index (χ1v) is 9.19. The first-order valence-electron chi connectivity index (χ1n) is 7.67. The zero-order valence-corrected chi connectivity index (χ0v) is 15.9. The number of carbonyl (C=O) groups excluding carboxylic acids is 2. The molecule has 2 amide bonds. The van der Waals surface area contributed by atoms with E-state index in [0.717, 1.165) is 25.8 Å². The molecule has 0 atom stereocenters. The average molecular weight is 413 g/mol. The van der Waals surface area contributed by atoms with E-state index in [1.54, 1.807) is 0 Å². The van der Waals surface area contributed by atoms with Crippen molar-refractivity contribution >= 4 is 58.2 Å². The van der Waals surface area contributed by atoms with E-state index in [0.29, 0.717) is 25.9 Å². The third kappa shape index (κ3) is 4.88. The van der Waals surface area contributed by atoms with Gasteiger partial charge < -0.3 is 10.2 Å². The van der Waals surface area contributed by atoms with Crippen LogP contribution in [0.1, 0.15) is 42.6 Å². The molecule has 24 heavy (non-hydrogen) atoms. The van der Waals surface area contributed by atoms with Crippen LogP contribution in [0.25, 0.3) is 0 Å². The quantitative estimate of drug-likeness (QED) is 0.581. The maximum atomic E-state index is 12.2. The van der Waals surface area contributed by atoms with Crippen molar-refractivity contribution in [2.24, 2.45) is 0 Å². The summed E-state index contributed by atoms with van der Waals surface area (Å²) >= 11 is 23.5. The highest BCUT2D eigenvalue weighted by Gasteiger charge is 2.20. The van der Waals surface area contributed by atoms with Crippen molar-refractivity contribution in [2.75, 3.05) is 19.6 Å².